The second-order valence-corrected chi connectivity index (χ2v) is 6.98. The van der Waals surface area contributed by atoms with Gasteiger partial charge >= 0.3 is 0 Å². The summed E-state index contributed by atoms with van der Waals surface area (Å²) in [5, 5.41) is 17.7. The summed E-state index contributed by atoms with van der Waals surface area (Å²) in [6, 6.07) is 1.86. The van der Waals surface area contributed by atoms with Crippen LogP contribution in [0.3, 0.4) is 0 Å². The maximum absolute atomic E-state index is 12.3. The Labute approximate surface area is 143 Å². The summed E-state index contributed by atoms with van der Waals surface area (Å²) < 4.78 is 10.2. The average molecular weight is 352 g/mol. The van der Waals surface area contributed by atoms with Gasteiger partial charge in [0.05, 0.1) is 23.3 Å². The number of aryl methyl sites for hydroxylation is 2. The smallest absolute Gasteiger partial charge is 0.236 e. The van der Waals surface area contributed by atoms with Gasteiger partial charge in [0, 0.05) is 31.5 Å². The molecule has 8 nitrogen and oxygen atoms in total. The lowest BCUT2D eigenvalue weighted by molar-refractivity contribution is -0.127. The van der Waals surface area contributed by atoms with E-state index >= 15 is 0 Å². The Morgan fingerprint density at radius 2 is 2.21 bits per heavy atom. The van der Waals surface area contributed by atoms with Crippen molar-refractivity contribution in [3.8, 4) is 0 Å². The largest absolute Gasteiger partial charge is 0.391 e. The maximum Gasteiger partial charge on any atom is 0.236 e. The lowest BCUT2D eigenvalue weighted by Crippen LogP contribution is -2.31. The minimum absolute atomic E-state index is 0.00605. The molecule has 1 aliphatic rings. The van der Waals surface area contributed by atoms with Gasteiger partial charge in [-0.2, -0.15) is 4.98 Å². The number of amides is 1. The minimum atomic E-state index is -0.539. The first-order valence-corrected chi connectivity index (χ1v) is 8.91. The predicted octanol–water partition coefficient (Wildman–Crippen LogP) is 0.970. The van der Waals surface area contributed by atoms with Crippen LogP contribution in [0.15, 0.2) is 15.1 Å². The number of carbonyl (C=O) groups excluding carboxylic acids is 1. The van der Waals surface area contributed by atoms with E-state index in [1.165, 1.54) is 11.8 Å². The highest BCUT2D eigenvalue weighted by molar-refractivity contribution is 7.99. The third kappa shape index (κ3) is 4.15. The van der Waals surface area contributed by atoms with Crippen LogP contribution in [0, 0.1) is 19.8 Å². The van der Waals surface area contributed by atoms with Crippen LogP contribution in [0.2, 0.25) is 0 Å². The minimum Gasteiger partial charge on any atom is -0.391 e. The van der Waals surface area contributed by atoms with Gasteiger partial charge in [-0.05, 0) is 13.8 Å². The molecule has 130 valence electrons. The number of hydrogen-bond acceptors (Lipinski definition) is 8. The topological polar surface area (TPSA) is 105 Å². The molecule has 0 bridgehead atoms. The molecule has 1 fully saturated rings. The zero-order valence-electron chi connectivity index (χ0n) is 13.6. The lowest BCUT2D eigenvalue weighted by atomic mass is 10.0. The first-order valence-electron chi connectivity index (χ1n) is 7.76. The second kappa shape index (κ2) is 7.35. The molecule has 2 aromatic rings. The summed E-state index contributed by atoms with van der Waals surface area (Å²) in [5.41, 5.74) is 0.818. The number of aromatic nitrogens is 3. The SMILES string of the molecule is Cc1cc(C[C@@H]2CN(C(=O)CSCc3nc(C)no3)C[C@H]2O)on1. The van der Waals surface area contributed by atoms with E-state index in [0.29, 0.717) is 42.7 Å². The van der Waals surface area contributed by atoms with Crippen LogP contribution in [0.25, 0.3) is 0 Å². The van der Waals surface area contributed by atoms with Crippen LogP contribution < -0.4 is 0 Å². The van der Waals surface area contributed by atoms with E-state index in [1.54, 1.807) is 11.8 Å². The Balaban J connectivity index is 1.45. The quantitative estimate of drug-likeness (QED) is 0.820. The highest BCUT2D eigenvalue weighted by Gasteiger charge is 2.34. The second-order valence-electron chi connectivity index (χ2n) is 5.99. The van der Waals surface area contributed by atoms with Crippen LogP contribution in [0.1, 0.15) is 23.2 Å². The van der Waals surface area contributed by atoms with Crippen molar-refractivity contribution in [3.63, 3.8) is 0 Å². The van der Waals surface area contributed by atoms with Crippen molar-refractivity contribution in [1.29, 1.82) is 0 Å². The molecule has 3 heterocycles. The molecular weight excluding hydrogens is 332 g/mol. The molecule has 3 rings (SSSR count). The van der Waals surface area contributed by atoms with Gasteiger partial charge in [-0.3, -0.25) is 4.79 Å². The molecule has 2 atom stereocenters. The van der Waals surface area contributed by atoms with Crippen LogP contribution >= 0.6 is 11.8 Å². The Hall–Kier alpha value is -1.87. The van der Waals surface area contributed by atoms with Gasteiger partial charge in [0.25, 0.3) is 0 Å². The Kier molecular flexibility index (Phi) is 5.20. The highest BCUT2D eigenvalue weighted by Crippen LogP contribution is 2.23. The molecular formula is C15H20N4O4S. The number of likely N-dealkylation sites (tertiary alicyclic amines) is 1. The van der Waals surface area contributed by atoms with Crippen LogP contribution in [0.4, 0.5) is 0 Å². The van der Waals surface area contributed by atoms with Crippen LogP contribution in [-0.2, 0) is 17.0 Å². The van der Waals surface area contributed by atoms with Gasteiger partial charge in [0.1, 0.15) is 5.76 Å². The number of nitrogens with zero attached hydrogens (tertiary/aromatic N) is 4. The number of aliphatic hydroxyl groups excluding tert-OH is 1. The molecule has 0 spiro atoms. The van der Waals surface area contributed by atoms with Gasteiger partial charge in [0.15, 0.2) is 5.82 Å². The molecule has 0 saturated carbocycles. The Bertz CT molecular complexity index is 701. The van der Waals surface area contributed by atoms with E-state index in [9.17, 15) is 9.90 Å². The summed E-state index contributed by atoms with van der Waals surface area (Å²) >= 11 is 1.43. The van der Waals surface area contributed by atoms with Gasteiger partial charge in [-0.15, -0.1) is 11.8 Å². The van der Waals surface area contributed by atoms with E-state index in [1.807, 2.05) is 13.0 Å². The molecule has 2 aromatic heterocycles. The van der Waals surface area contributed by atoms with Crippen molar-refractivity contribution in [3.05, 3.63) is 29.2 Å². The molecule has 1 aliphatic heterocycles. The molecule has 1 N–H and O–H groups in total. The van der Waals surface area contributed by atoms with Gasteiger partial charge in [0.2, 0.25) is 11.8 Å². The molecule has 9 heteroatoms. The normalized spacial score (nSPS) is 20.7. The van der Waals surface area contributed by atoms with Crippen molar-refractivity contribution < 1.29 is 18.9 Å². The highest BCUT2D eigenvalue weighted by atomic mass is 32.2. The zero-order valence-corrected chi connectivity index (χ0v) is 14.5. The number of hydrogen-bond donors (Lipinski definition) is 1. The van der Waals surface area contributed by atoms with Crippen LogP contribution in [-0.4, -0.2) is 56.2 Å². The fraction of sp³-hybridized carbons (Fsp3) is 0.600. The third-order valence-electron chi connectivity index (χ3n) is 3.92. The summed E-state index contributed by atoms with van der Waals surface area (Å²) in [7, 11) is 0. The molecule has 0 radical (unpaired) electrons. The number of rotatable bonds is 6. The van der Waals surface area contributed by atoms with Gasteiger partial charge < -0.3 is 19.1 Å². The summed E-state index contributed by atoms with van der Waals surface area (Å²) in [6.45, 7) is 4.50. The van der Waals surface area contributed by atoms with Crippen molar-refractivity contribution in [2.24, 2.45) is 5.92 Å². The summed E-state index contributed by atoms with van der Waals surface area (Å²) in [6.07, 6.45) is 0.0446. The molecule has 1 saturated heterocycles. The predicted molar refractivity (Wildman–Crippen MR) is 86.2 cm³/mol. The number of β-amino-alcohol motifs (C(OH)–C–C–N with tert-alkyl or cyclic N) is 1. The standard InChI is InChI=1S/C15H20N4O4S/c1-9-3-12(22-17-9)4-11-5-19(6-13(11)20)15(21)8-24-7-14-16-10(2)18-23-14/h3,11,13,20H,4-8H2,1-2H3/t11-,13-/m1/s1. The zero-order chi connectivity index (χ0) is 17.1. The molecule has 0 unspecified atom stereocenters. The maximum atomic E-state index is 12.3. The monoisotopic (exact) mass is 352 g/mol. The van der Waals surface area contributed by atoms with Crippen molar-refractivity contribution in [1.82, 2.24) is 20.2 Å². The Morgan fingerprint density at radius 1 is 1.38 bits per heavy atom. The van der Waals surface area contributed by atoms with Crippen molar-refractivity contribution in [2.75, 3.05) is 18.8 Å². The number of aliphatic hydroxyl groups is 1. The van der Waals surface area contributed by atoms with Gasteiger partial charge in [-0.1, -0.05) is 10.3 Å². The lowest BCUT2D eigenvalue weighted by Gasteiger charge is -2.15. The fourth-order valence-electron chi connectivity index (χ4n) is 2.74. The average Bonchev–Trinajstić information content (AvgIpc) is 3.22. The molecule has 24 heavy (non-hydrogen) atoms. The van der Waals surface area contributed by atoms with Crippen LogP contribution in [0.5, 0.6) is 0 Å². The molecule has 1 amide bonds. The van der Waals surface area contributed by atoms with E-state index < -0.39 is 6.10 Å². The molecule has 0 aliphatic carbocycles. The first kappa shape index (κ1) is 17.0. The number of thioether (sulfide) groups is 1. The Morgan fingerprint density at radius 3 is 2.88 bits per heavy atom. The third-order valence-corrected chi connectivity index (χ3v) is 4.82. The van der Waals surface area contributed by atoms with E-state index in [0.717, 1.165) is 11.5 Å². The summed E-state index contributed by atoms with van der Waals surface area (Å²) in [5.74, 6) is 2.66. The molecule has 0 aromatic carbocycles. The van der Waals surface area contributed by atoms with E-state index in [4.69, 9.17) is 9.05 Å². The fourth-order valence-corrected chi connectivity index (χ4v) is 3.50. The summed E-state index contributed by atoms with van der Waals surface area (Å²) in [4.78, 5) is 18.1. The van der Waals surface area contributed by atoms with Gasteiger partial charge in [-0.25, -0.2) is 0 Å². The number of carbonyl (C=O) groups is 1. The van der Waals surface area contributed by atoms with E-state index in [-0.39, 0.29) is 11.8 Å². The first-order chi connectivity index (χ1) is 11.5. The van der Waals surface area contributed by atoms with E-state index in [2.05, 4.69) is 15.3 Å². The van der Waals surface area contributed by atoms with Crippen molar-refractivity contribution >= 4 is 17.7 Å². The van der Waals surface area contributed by atoms with Crippen molar-refractivity contribution in [2.45, 2.75) is 32.1 Å².